The van der Waals surface area contributed by atoms with Crippen LogP contribution in [-0.4, -0.2) is 11.8 Å². The fourth-order valence-electron chi connectivity index (χ4n) is 2.56. The van der Waals surface area contributed by atoms with Crippen molar-refractivity contribution in [2.24, 2.45) is 5.92 Å². The van der Waals surface area contributed by atoms with E-state index in [1.165, 1.54) is 11.1 Å². The van der Waals surface area contributed by atoms with Gasteiger partial charge in [-0.15, -0.1) is 12.4 Å². The van der Waals surface area contributed by atoms with E-state index < -0.39 is 0 Å². The van der Waals surface area contributed by atoms with Gasteiger partial charge >= 0.3 is 0 Å². The molecular weight excluding hydrogens is 338 g/mol. The Morgan fingerprint density at radius 3 is 2.16 bits per heavy atom. The third-order valence-electron chi connectivity index (χ3n) is 4.03. The number of fused-ring (bicyclic) bond motifs is 1. The van der Waals surface area contributed by atoms with E-state index in [1.807, 2.05) is 32.0 Å². The van der Waals surface area contributed by atoms with Crippen LogP contribution < -0.4 is 16.0 Å². The molecule has 0 aliphatic carbocycles. The van der Waals surface area contributed by atoms with Crippen LogP contribution >= 0.6 is 12.4 Å². The van der Waals surface area contributed by atoms with Crippen molar-refractivity contribution < 1.29 is 9.59 Å². The number of nitrogens with one attached hydrogen (secondary N) is 3. The molecule has 1 heterocycles. The summed E-state index contributed by atoms with van der Waals surface area (Å²) in [5.74, 6) is -0.235. The van der Waals surface area contributed by atoms with Crippen molar-refractivity contribution in [3.63, 3.8) is 0 Å². The van der Waals surface area contributed by atoms with E-state index in [9.17, 15) is 9.59 Å². The first-order valence-corrected chi connectivity index (χ1v) is 8.08. The Labute approximate surface area is 153 Å². The van der Waals surface area contributed by atoms with Crippen molar-refractivity contribution in [2.75, 3.05) is 10.6 Å². The van der Waals surface area contributed by atoms with E-state index >= 15 is 0 Å². The molecule has 0 bridgehead atoms. The number of amides is 2. The minimum Gasteiger partial charge on any atom is -0.326 e. The smallest absolute Gasteiger partial charge is 0.255 e. The minimum absolute atomic E-state index is 0. The lowest BCUT2D eigenvalue weighted by molar-refractivity contribution is -0.118. The lowest BCUT2D eigenvalue weighted by Crippen LogP contribution is -2.17. The molecule has 0 spiro atoms. The molecule has 2 amide bonds. The van der Waals surface area contributed by atoms with Crippen LogP contribution in [0.5, 0.6) is 0 Å². The normalized spacial score (nSPS) is 12.3. The first-order chi connectivity index (χ1) is 11.5. The molecule has 6 heteroatoms. The molecule has 1 aliphatic heterocycles. The molecule has 5 nitrogen and oxygen atoms in total. The van der Waals surface area contributed by atoms with Gasteiger partial charge in [0.25, 0.3) is 5.91 Å². The monoisotopic (exact) mass is 359 g/mol. The lowest BCUT2D eigenvalue weighted by Gasteiger charge is -2.10. The van der Waals surface area contributed by atoms with Crippen molar-refractivity contribution in [2.45, 2.75) is 26.9 Å². The molecule has 0 fully saturated rings. The summed E-state index contributed by atoms with van der Waals surface area (Å²) >= 11 is 0. The molecule has 0 radical (unpaired) electrons. The second kappa shape index (κ2) is 8.14. The van der Waals surface area contributed by atoms with Crippen LogP contribution in [0.15, 0.2) is 42.5 Å². The van der Waals surface area contributed by atoms with Gasteiger partial charge in [-0.3, -0.25) is 9.59 Å². The Morgan fingerprint density at radius 2 is 1.52 bits per heavy atom. The third kappa shape index (κ3) is 4.59. The largest absolute Gasteiger partial charge is 0.326 e. The summed E-state index contributed by atoms with van der Waals surface area (Å²) in [6, 6.07) is 12.9. The topological polar surface area (TPSA) is 70.2 Å². The summed E-state index contributed by atoms with van der Waals surface area (Å²) in [7, 11) is 0. The van der Waals surface area contributed by atoms with Gasteiger partial charge in [-0.2, -0.15) is 0 Å². The number of hydrogen-bond acceptors (Lipinski definition) is 3. The van der Waals surface area contributed by atoms with Crippen molar-refractivity contribution in [1.29, 1.82) is 0 Å². The zero-order valence-electron chi connectivity index (χ0n) is 14.3. The fraction of sp³-hybridized carbons (Fsp3) is 0.263. The quantitative estimate of drug-likeness (QED) is 0.781. The van der Waals surface area contributed by atoms with Gasteiger partial charge < -0.3 is 16.0 Å². The van der Waals surface area contributed by atoms with E-state index in [0.29, 0.717) is 11.3 Å². The van der Waals surface area contributed by atoms with Crippen LogP contribution in [-0.2, 0) is 17.9 Å². The Hall–Kier alpha value is -2.37. The molecule has 2 aromatic rings. The molecule has 1 aliphatic rings. The second-order valence-electron chi connectivity index (χ2n) is 6.26. The summed E-state index contributed by atoms with van der Waals surface area (Å²) in [4.78, 5) is 24.0. The van der Waals surface area contributed by atoms with Crippen LogP contribution in [0.4, 0.5) is 11.4 Å². The maximum absolute atomic E-state index is 12.4. The highest BCUT2D eigenvalue weighted by Crippen LogP contribution is 2.19. The van der Waals surface area contributed by atoms with Gasteiger partial charge in [0.15, 0.2) is 0 Å². The number of benzene rings is 2. The van der Waals surface area contributed by atoms with Crippen molar-refractivity contribution in [1.82, 2.24) is 5.32 Å². The van der Waals surface area contributed by atoms with Gasteiger partial charge in [-0.25, -0.2) is 0 Å². The molecule has 2 aromatic carbocycles. The first-order valence-electron chi connectivity index (χ1n) is 8.08. The highest BCUT2D eigenvalue weighted by molar-refractivity contribution is 6.04. The van der Waals surface area contributed by atoms with Crippen molar-refractivity contribution >= 4 is 35.6 Å². The predicted molar refractivity (Wildman–Crippen MR) is 102 cm³/mol. The number of halogens is 1. The molecule has 0 saturated heterocycles. The van der Waals surface area contributed by atoms with Crippen LogP contribution in [0.2, 0.25) is 0 Å². The van der Waals surface area contributed by atoms with Crippen LogP contribution in [0.25, 0.3) is 0 Å². The Balaban J connectivity index is 0.00000225. The van der Waals surface area contributed by atoms with E-state index in [0.717, 1.165) is 18.8 Å². The van der Waals surface area contributed by atoms with Crippen molar-refractivity contribution in [3.05, 3.63) is 59.2 Å². The molecule has 0 atom stereocenters. The van der Waals surface area contributed by atoms with Crippen LogP contribution in [0, 0.1) is 5.92 Å². The summed E-state index contributed by atoms with van der Waals surface area (Å²) < 4.78 is 0. The average molecular weight is 360 g/mol. The SMILES string of the molecule is CC(C)C(=O)Nc1ccc(NC(=O)c2ccc3c(c2)CNC3)cc1.Cl. The maximum Gasteiger partial charge on any atom is 0.255 e. The highest BCUT2D eigenvalue weighted by atomic mass is 35.5. The minimum atomic E-state index is -0.135. The molecular formula is C19H22ClN3O2. The molecule has 0 unspecified atom stereocenters. The lowest BCUT2D eigenvalue weighted by atomic mass is 10.1. The molecule has 3 N–H and O–H groups in total. The maximum atomic E-state index is 12.4. The average Bonchev–Trinajstić information content (AvgIpc) is 3.04. The number of hydrogen-bond donors (Lipinski definition) is 3. The summed E-state index contributed by atoms with van der Waals surface area (Å²) in [5, 5.41) is 8.97. The van der Waals surface area contributed by atoms with Gasteiger partial charge in [0.2, 0.25) is 5.91 Å². The van der Waals surface area contributed by atoms with Crippen molar-refractivity contribution in [3.8, 4) is 0 Å². The predicted octanol–water partition coefficient (Wildman–Crippen LogP) is 3.56. The fourth-order valence-corrected chi connectivity index (χ4v) is 2.56. The zero-order chi connectivity index (χ0) is 17.1. The Kier molecular flexibility index (Phi) is 6.17. The standard InChI is InChI=1S/C19H21N3O2.ClH/c1-12(2)18(23)21-16-5-7-17(8-6-16)22-19(24)13-3-4-14-10-20-11-15(14)9-13;/h3-9,12,20H,10-11H2,1-2H3,(H,21,23)(H,22,24);1H. The summed E-state index contributed by atoms with van der Waals surface area (Å²) in [5.41, 5.74) is 4.48. The van der Waals surface area contributed by atoms with Gasteiger partial charge in [-0.1, -0.05) is 19.9 Å². The van der Waals surface area contributed by atoms with E-state index in [-0.39, 0.29) is 30.1 Å². The van der Waals surface area contributed by atoms with E-state index in [2.05, 4.69) is 16.0 Å². The van der Waals surface area contributed by atoms with Gasteiger partial charge in [0, 0.05) is 35.9 Å². The third-order valence-corrected chi connectivity index (χ3v) is 4.03. The number of carbonyl (C=O) groups excluding carboxylic acids is 2. The van der Waals surface area contributed by atoms with E-state index in [4.69, 9.17) is 0 Å². The van der Waals surface area contributed by atoms with Gasteiger partial charge in [0.1, 0.15) is 0 Å². The Morgan fingerprint density at radius 1 is 0.920 bits per heavy atom. The summed E-state index contributed by atoms with van der Waals surface area (Å²) in [6.07, 6.45) is 0. The highest BCUT2D eigenvalue weighted by Gasteiger charge is 2.13. The molecule has 132 valence electrons. The van der Waals surface area contributed by atoms with E-state index in [1.54, 1.807) is 24.3 Å². The first kappa shape index (κ1) is 19.0. The Bertz CT molecular complexity index is 773. The second-order valence-corrected chi connectivity index (χ2v) is 6.26. The zero-order valence-corrected chi connectivity index (χ0v) is 15.1. The number of carbonyl (C=O) groups is 2. The molecule has 3 rings (SSSR count). The summed E-state index contributed by atoms with van der Waals surface area (Å²) in [6.45, 7) is 5.35. The number of anilines is 2. The molecule has 0 saturated carbocycles. The number of rotatable bonds is 4. The molecule has 0 aromatic heterocycles. The van der Waals surface area contributed by atoms with Gasteiger partial charge in [-0.05, 0) is 47.5 Å². The van der Waals surface area contributed by atoms with Crippen LogP contribution in [0.3, 0.4) is 0 Å². The molecule has 25 heavy (non-hydrogen) atoms. The van der Waals surface area contributed by atoms with Crippen LogP contribution in [0.1, 0.15) is 35.3 Å². The van der Waals surface area contributed by atoms with Gasteiger partial charge in [0.05, 0.1) is 0 Å².